The first-order valence-electron chi connectivity index (χ1n) is 7.30. The lowest BCUT2D eigenvalue weighted by atomic mass is 10.1. The highest BCUT2D eigenvalue weighted by molar-refractivity contribution is 8.03. The SMILES string of the molecule is Cc1nnc(S/C(=C/c2ccc(-c3ccc(Cl)c([N+](=O)[O-])c3)o2)C(=O)O)o1. The highest BCUT2D eigenvalue weighted by atomic mass is 35.5. The maximum absolute atomic E-state index is 11.4. The standard InChI is InChI=1S/C16H10ClN3O6S/c1-8-18-19-16(25-8)27-14(15(21)22)7-10-3-5-13(26-10)9-2-4-11(17)12(6-9)20(23)24/h2-7H,1H3,(H,21,22)/b14-7+. The van der Waals surface area contributed by atoms with Gasteiger partial charge in [0.1, 0.15) is 21.4 Å². The molecule has 1 N–H and O–H groups in total. The number of aromatic nitrogens is 2. The summed E-state index contributed by atoms with van der Waals surface area (Å²) in [5, 5.41) is 27.8. The van der Waals surface area contributed by atoms with Crippen molar-refractivity contribution >= 4 is 41.1 Å². The first-order chi connectivity index (χ1) is 12.8. The van der Waals surface area contributed by atoms with Gasteiger partial charge >= 0.3 is 5.97 Å². The number of hydrogen-bond donors (Lipinski definition) is 1. The third kappa shape index (κ3) is 4.36. The molecule has 0 aliphatic carbocycles. The van der Waals surface area contributed by atoms with E-state index in [0.717, 1.165) is 11.8 Å². The number of aryl methyl sites for hydroxylation is 1. The van der Waals surface area contributed by atoms with E-state index in [1.165, 1.54) is 18.2 Å². The zero-order chi connectivity index (χ0) is 19.6. The van der Waals surface area contributed by atoms with Gasteiger partial charge < -0.3 is 13.9 Å². The molecule has 0 atom stereocenters. The molecule has 0 fully saturated rings. The van der Waals surface area contributed by atoms with Crippen LogP contribution < -0.4 is 0 Å². The van der Waals surface area contributed by atoms with Crippen molar-refractivity contribution in [2.75, 3.05) is 0 Å². The molecule has 0 aliphatic heterocycles. The molecule has 27 heavy (non-hydrogen) atoms. The van der Waals surface area contributed by atoms with Gasteiger partial charge in [0.05, 0.1) is 4.92 Å². The van der Waals surface area contributed by atoms with Crippen LogP contribution in [0.5, 0.6) is 0 Å². The van der Waals surface area contributed by atoms with E-state index >= 15 is 0 Å². The zero-order valence-corrected chi connectivity index (χ0v) is 15.2. The van der Waals surface area contributed by atoms with E-state index < -0.39 is 10.9 Å². The molecular formula is C16H10ClN3O6S. The van der Waals surface area contributed by atoms with Gasteiger partial charge in [0.25, 0.3) is 10.9 Å². The van der Waals surface area contributed by atoms with E-state index in [0.29, 0.717) is 17.2 Å². The minimum absolute atomic E-state index is 0.00911. The van der Waals surface area contributed by atoms with Crippen LogP contribution >= 0.6 is 23.4 Å². The van der Waals surface area contributed by atoms with Crippen LogP contribution in [-0.2, 0) is 4.79 Å². The summed E-state index contributed by atoms with van der Waals surface area (Å²) in [5.41, 5.74) is 0.180. The van der Waals surface area contributed by atoms with Crippen molar-refractivity contribution in [3.63, 3.8) is 0 Å². The Bertz CT molecular complexity index is 1060. The Kier molecular flexibility index (Phi) is 5.28. The van der Waals surface area contributed by atoms with Crippen molar-refractivity contribution in [3.8, 4) is 11.3 Å². The maximum Gasteiger partial charge on any atom is 0.342 e. The Hall–Kier alpha value is -3.11. The molecule has 3 aromatic rings. The number of thioether (sulfide) groups is 1. The quantitative estimate of drug-likeness (QED) is 0.273. The molecule has 0 spiro atoms. The van der Waals surface area contributed by atoms with Crippen molar-refractivity contribution in [1.82, 2.24) is 10.2 Å². The number of carboxylic acid groups (broad SMARTS) is 1. The molecule has 0 unspecified atom stereocenters. The number of furan rings is 1. The van der Waals surface area contributed by atoms with Crippen molar-refractivity contribution in [1.29, 1.82) is 0 Å². The van der Waals surface area contributed by atoms with E-state index in [4.69, 9.17) is 20.4 Å². The Labute approximate surface area is 160 Å². The van der Waals surface area contributed by atoms with Crippen LogP contribution in [0.2, 0.25) is 5.02 Å². The normalized spacial score (nSPS) is 11.6. The van der Waals surface area contributed by atoms with Gasteiger partial charge in [-0.3, -0.25) is 10.1 Å². The minimum Gasteiger partial charge on any atom is -0.477 e. The highest BCUT2D eigenvalue weighted by Crippen LogP contribution is 2.33. The second-order valence-electron chi connectivity index (χ2n) is 5.13. The number of carboxylic acids is 1. The van der Waals surface area contributed by atoms with Gasteiger partial charge in [-0.1, -0.05) is 11.6 Å². The van der Waals surface area contributed by atoms with Crippen LogP contribution in [0.25, 0.3) is 17.4 Å². The van der Waals surface area contributed by atoms with Crippen molar-refractivity contribution in [2.45, 2.75) is 12.1 Å². The largest absolute Gasteiger partial charge is 0.477 e. The van der Waals surface area contributed by atoms with Crippen LogP contribution in [0, 0.1) is 17.0 Å². The van der Waals surface area contributed by atoms with E-state index in [1.54, 1.807) is 25.1 Å². The average molecular weight is 408 g/mol. The van der Waals surface area contributed by atoms with Crippen molar-refractivity contribution < 1.29 is 23.7 Å². The summed E-state index contributed by atoms with van der Waals surface area (Å²) in [7, 11) is 0. The highest BCUT2D eigenvalue weighted by Gasteiger charge is 2.17. The third-order valence-electron chi connectivity index (χ3n) is 3.24. The van der Waals surface area contributed by atoms with E-state index in [-0.39, 0.29) is 26.6 Å². The molecule has 1 aromatic carbocycles. The maximum atomic E-state index is 11.4. The molecule has 2 heterocycles. The fraction of sp³-hybridized carbons (Fsp3) is 0.0625. The van der Waals surface area contributed by atoms with Gasteiger partial charge in [-0.05, 0) is 36.0 Å². The molecular weight excluding hydrogens is 398 g/mol. The molecule has 0 radical (unpaired) electrons. The number of benzene rings is 1. The predicted molar refractivity (Wildman–Crippen MR) is 96.3 cm³/mol. The van der Waals surface area contributed by atoms with Gasteiger partial charge in [0.15, 0.2) is 0 Å². The Balaban J connectivity index is 1.89. The summed E-state index contributed by atoms with van der Waals surface area (Å²) in [5.74, 6) is -0.323. The van der Waals surface area contributed by atoms with Crippen LogP contribution in [0.3, 0.4) is 0 Å². The molecule has 0 aliphatic rings. The summed E-state index contributed by atoms with van der Waals surface area (Å²) >= 11 is 6.58. The number of nitro benzene ring substituents is 1. The number of halogens is 1. The molecule has 2 aromatic heterocycles. The molecule has 0 amide bonds. The molecule has 11 heteroatoms. The minimum atomic E-state index is -1.20. The van der Waals surface area contributed by atoms with Gasteiger partial charge in [-0.2, -0.15) is 0 Å². The summed E-state index contributed by atoms with van der Waals surface area (Å²) in [6.45, 7) is 1.59. The Morgan fingerprint density at radius 1 is 1.30 bits per heavy atom. The van der Waals surface area contributed by atoms with Crippen LogP contribution in [-0.4, -0.2) is 26.2 Å². The molecule has 0 bridgehead atoms. The number of hydrogen-bond acceptors (Lipinski definition) is 8. The monoisotopic (exact) mass is 407 g/mol. The number of nitro groups is 1. The summed E-state index contributed by atoms with van der Waals surface area (Å²) < 4.78 is 10.7. The Morgan fingerprint density at radius 3 is 2.70 bits per heavy atom. The zero-order valence-electron chi connectivity index (χ0n) is 13.6. The van der Waals surface area contributed by atoms with Gasteiger partial charge in [0.2, 0.25) is 5.89 Å². The second kappa shape index (κ2) is 7.64. The van der Waals surface area contributed by atoms with Crippen molar-refractivity contribution in [3.05, 3.63) is 62.0 Å². The van der Waals surface area contributed by atoms with Crippen molar-refractivity contribution in [2.24, 2.45) is 0 Å². The molecule has 138 valence electrons. The average Bonchev–Trinajstić information content (AvgIpc) is 3.23. The summed E-state index contributed by atoms with van der Waals surface area (Å²) in [6, 6.07) is 7.35. The number of aliphatic carboxylic acids is 1. The van der Waals surface area contributed by atoms with Gasteiger partial charge in [-0.15, -0.1) is 10.2 Å². The van der Waals surface area contributed by atoms with E-state index in [9.17, 15) is 20.0 Å². The van der Waals surface area contributed by atoms with Gasteiger partial charge in [-0.25, -0.2) is 4.79 Å². The first kappa shape index (κ1) is 18.7. The van der Waals surface area contributed by atoms with E-state index in [1.807, 2.05) is 0 Å². The van der Waals surface area contributed by atoms with Gasteiger partial charge in [0, 0.05) is 24.6 Å². The first-order valence-corrected chi connectivity index (χ1v) is 8.50. The topological polar surface area (TPSA) is 132 Å². The lowest BCUT2D eigenvalue weighted by Crippen LogP contribution is -1.96. The van der Waals surface area contributed by atoms with Crippen LogP contribution in [0.4, 0.5) is 5.69 Å². The molecule has 9 nitrogen and oxygen atoms in total. The summed E-state index contributed by atoms with van der Waals surface area (Å²) in [6.07, 6.45) is 1.29. The molecule has 3 rings (SSSR count). The fourth-order valence-corrected chi connectivity index (χ4v) is 2.95. The third-order valence-corrected chi connectivity index (χ3v) is 4.41. The smallest absolute Gasteiger partial charge is 0.342 e. The second-order valence-corrected chi connectivity index (χ2v) is 6.53. The number of nitrogens with zero attached hydrogens (tertiary/aromatic N) is 3. The van der Waals surface area contributed by atoms with E-state index in [2.05, 4.69) is 10.2 Å². The number of carbonyl (C=O) groups is 1. The molecule has 0 saturated heterocycles. The fourth-order valence-electron chi connectivity index (χ4n) is 2.07. The molecule has 0 saturated carbocycles. The van der Waals surface area contributed by atoms with Crippen LogP contribution in [0.1, 0.15) is 11.7 Å². The lowest BCUT2D eigenvalue weighted by Gasteiger charge is -2.00. The number of rotatable bonds is 6. The Morgan fingerprint density at radius 2 is 2.07 bits per heavy atom. The van der Waals surface area contributed by atoms with Crippen LogP contribution in [0.15, 0.2) is 49.3 Å². The lowest BCUT2D eigenvalue weighted by molar-refractivity contribution is -0.384. The summed E-state index contributed by atoms with van der Waals surface area (Å²) in [4.78, 5) is 21.7. The predicted octanol–water partition coefficient (Wildman–Crippen LogP) is 4.42.